The lowest BCUT2D eigenvalue weighted by atomic mass is 9.79. The summed E-state index contributed by atoms with van der Waals surface area (Å²) in [7, 11) is 0. The molecule has 1 atom stereocenters. The van der Waals surface area contributed by atoms with Gasteiger partial charge < -0.3 is 10.5 Å². The van der Waals surface area contributed by atoms with Gasteiger partial charge in [0.15, 0.2) is 0 Å². The Hall–Kier alpha value is -0.0800. The molecule has 0 aromatic carbocycles. The first-order valence-corrected chi connectivity index (χ1v) is 6.00. The fourth-order valence-corrected chi connectivity index (χ4v) is 2.17. The van der Waals surface area contributed by atoms with Crippen LogP contribution in [-0.2, 0) is 4.74 Å². The molecule has 0 amide bonds. The van der Waals surface area contributed by atoms with Crippen molar-refractivity contribution in [3.63, 3.8) is 0 Å². The van der Waals surface area contributed by atoms with Crippen LogP contribution in [0.15, 0.2) is 0 Å². The second-order valence-corrected chi connectivity index (χ2v) is 4.91. The first kappa shape index (κ1) is 12.0. The average molecular weight is 199 g/mol. The van der Waals surface area contributed by atoms with Crippen LogP contribution >= 0.6 is 0 Å². The minimum absolute atomic E-state index is 0.00192. The third-order valence-electron chi connectivity index (χ3n) is 3.58. The average Bonchev–Trinajstić information content (AvgIpc) is 2.22. The Balaban J connectivity index is 2.49. The summed E-state index contributed by atoms with van der Waals surface area (Å²) in [5.41, 5.74) is 5.86. The van der Waals surface area contributed by atoms with Gasteiger partial charge in [0.2, 0.25) is 0 Å². The molecule has 0 bridgehead atoms. The molecule has 1 unspecified atom stereocenters. The van der Waals surface area contributed by atoms with E-state index in [1.54, 1.807) is 0 Å². The lowest BCUT2D eigenvalue weighted by Gasteiger charge is -2.40. The summed E-state index contributed by atoms with van der Waals surface area (Å²) < 4.78 is 6.10. The zero-order valence-corrected chi connectivity index (χ0v) is 9.88. The monoisotopic (exact) mass is 199 g/mol. The van der Waals surface area contributed by atoms with Crippen LogP contribution in [0, 0.1) is 5.92 Å². The predicted octanol–water partition coefficient (Wildman–Crippen LogP) is 2.71. The van der Waals surface area contributed by atoms with Gasteiger partial charge in [-0.25, -0.2) is 0 Å². The van der Waals surface area contributed by atoms with Gasteiger partial charge in [0.05, 0.1) is 11.7 Å². The van der Waals surface area contributed by atoms with E-state index in [1.807, 2.05) is 0 Å². The van der Waals surface area contributed by atoms with Gasteiger partial charge in [-0.2, -0.15) is 0 Å². The fourth-order valence-electron chi connectivity index (χ4n) is 2.17. The van der Waals surface area contributed by atoms with Gasteiger partial charge in [-0.1, -0.05) is 13.8 Å². The molecule has 1 saturated carbocycles. The zero-order chi connectivity index (χ0) is 10.6. The maximum absolute atomic E-state index is 6.10. The van der Waals surface area contributed by atoms with Crippen molar-refractivity contribution in [3.05, 3.63) is 0 Å². The summed E-state index contributed by atoms with van der Waals surface area (Å²) in [4.78, 5) is 0. The molecule has 84 valence electrons. The Morgan fingerprint density at radius 2 is 2.00 bits per heavy atom. The molecular weight excluding hydrogens is 174 g/mol. The molecule has 0 radical (unpaired) electrons. The molecule has 1 fully saturated rings. The number of hydrogen-bond acceptors (Lipinski definition) is 2. The number of rotatable bonds is 4. The Kier molecular flexibility index (Phi) is 4.39. The number of ether oxygens (including phenoxy) is 1. The molecule has 0 saturated heterocycles. The van der Waals surface area contributed by atoms with Gasteiger partial charge in [0, 0.05) is 6.54 Å². The first-order valence-electron chi connectivity index (χ1n) is 6.00. The molecule has 0 heterocycles. The van der Waals surface area contributed by atoms with Gasteiger partial charge in [-0.05, 0) is 44.9 Å². The highest BCUT2D eigenvalue weighted by Gasteiger charge is 2.34. The molecule has 0 aromatic heterocycles. The third kappa shape index (κ3) is 2.96. The second kappa shape index (κ2) is 5.13. The fraction of sp³-hybridized carbons (Fsp3) is 1.00. The summed E-state index contributed by atoms with van der Waals surface area (Å²) >= 11 is 0. The van der Waals surface area contributed by atoms with Crippen molar-refractivity contribution in [2.75, 3.05) is 6.54 Å². The Labute approximate surface area is 88.2 Å². The summed E-state index contributed by atoms with van der Waals surface area (Å²) in [6, 6.07) is 0. The van der Waals surface area contributed by atoms with Crippen molar-refractivity contribution in [2.45, 2.75) is 64.6 Å². The van der Waals surface area contributed by atoms with Crippen molar-refractivity contribution < 1.29 is 4.74 Å². The minimum atomic E-state index is 0.00192. The van der Waals surface area contributed by atoms with Crippen molar-refractivity contribution in [1.29, 1.82) is 0 Å². The van der Waals surface area contributed by atoms with Crippen LogP contribution in [0.3, 0.4) is 0 Å². The van der Waals surface area contributed by atoms with Crippen LogP contribution in [0.5, 0.6) is 0 Å². The maximum atomic E-state index is 6.10. The molecule has 0 aromatic rings. The molecule has 2 N–H and O–H groups in total. The van der Waals surface area contributed by atoms with Crippen molar-refractivity contribution >= 4 is 0 Å². The van der Waals surface area contributed by atoms with Crippen LogP contribution in [0.2, 0.25) is 0 Å². The molecule has 1 aliphatic carbocycles. The molecule has 14 heavy (non-hydrogen) atoms. The third-order valence-corrected chi connectivity index (χ3v) is 3.58. The van der Waals surface area contributed by atoms with Crippen molar-refractivity contribution in [3.8, 4) is 0 Å². The van der Waals surface area contributed by atoms with Crippen LogP contribution in [0.1, 0.15) is 52.9 Å². The summed E-state index contributed by atoms with van der Waals surface area (Å²) in [5.74, 6) is 0.857. The molecule has 0 aliphatic heterocycles. The van der Waals surface area contributed by atoms with Gasteiger partial charge >= 0.3 is 0 Å². The van der Waals surface area contributed by atoms with E-state index in [4.69, 9.17) is 10.5 Å². The summed E-state index contributed by atoms with van der Waals surface area (Å²) in [6.07, 6.45) is 6.27. The smallest absolute Gasteiger partial charge is 0.0807 e. The quantitative estimate of drug-likeness (QED) is 0.755. The molecular formula is C12H25NO. The molecule has 1 aliphatic rings. The normalized spacial score (nSPS) is 35.6. The van der Waals surface area contributed by atoms with Gasteiger partial charge in [-0.15, -0.1) is 0 Å². The Morgan fingerprint density at radius 3 is 2.43 bits per heavy atom. The predicted molar refractivity (Wildman–Crippen MR) is 60.3 cm³/mol. The highest BCUT2D eigenvalue weighted by Crippen LogP contribution is 2.35. The largest absolute Gasteiger partial charge is 0.371 e. The second-order valence-electron chi connectivity index (χ2n) is 4.91. The number of hydrogen-bond donors (Lipinski definition) is 1. The van der Waals surface area contributed by atoms with E-state index in [-0.39, 0.29) is 5.60 Å². The van der Waals surface area contributed by atoms with E-state index < -0.39 is 0 Å². The zero-order valence-electron chi connectivity index (χ0n) is 9.88. The minimum Gasteiger partial charge on any atom is -0.371 e. The molecule has 2 nitrogen and oxygen atoms in total. The summed E-state index contributed by atoms with van der Waals surface area (Å²) in [6.45, 7) is 7.32. The van der Waals surface area contributed by atoms with Gasteiger partial charge in [0.25, 0.3) is 0 Å². The van der Waals surface area contributed by atoms with E-state index in [0.29, 0.717) is 12.6 Å². The maximum Gasteiger partial charge on any atom is 0.0807 e. The van der Waals surface area contributed by atoms with E-state index in [2.05, 4.69) is 20.8 Å². The van der Waals surface area contributed by atoms with Crippen LogP contribution in [0.4, 0.5) is 0 Å². The lowest BCUT2D eigenvalue weighted by molar-refractivity contribution is -0.107. The van der Waals surface area contributed by atoms with Crippen LogP contribution < -0.4 is 5.73 Å². The number of nitrogens with two attached hydrogens (primary N) is 1. The van der Waals surface area contributed by atoms with Gasteiger partial charge in [-0.3, -0.25) is 0 Å². The van der Waals surface area contributed by atoms with Crippen molar-refractivity contribution in [2.24, 2.45) is 11.7 Å². The molecule has 1 rings (SSSR count). The Bertz CT molecular complexity index is 162. The SMILES string of the molecule is CCC(C)OC1(CN)CCC(C)CC1. The van der Waals surface area contributed by atoms with Crippen molar-refractivity contribution in [1.82, 2.24) is 0 Å². The van der Waals surface area contributed by atoms with E-state index in [9.17, 15) is 0 Å². The van der Waals surface area contributed by atoms with Crippen LogP contribution in [-0.4, -0.2) is 18.2 Å². The Morgan fingerprint density at radius 1 is 1.43 bits per heavy atom. The highest BCUT2D eigenvalue weighted by atomic mass is 16.5. The lowest BCUT2D eigenvalue weighted by Crippen LogP contribution is -2.45. The standard InChI is InChI=1S/C12H25NO/c1-4-11(3)14-12(9-13)7-5-10(2)6-8-12/h10-11H,4-9,13H2,1-3H3. The molecule has 2 heteroatoms. The highest BCUT2D eigenvalue weighted by molar-refractivity contribution is 4.88. The van der Waals surface area contributed by atoms with E-state index in [1.165, 1.54) is 12.8 Å². The van der Waals surface area contributed by atoms with E-state index >= 15 is 0 Å². The van der Waals surface area contributed by atoms with Crippen LogP contribution in [0.25, 0.3) is 0 Å². The summed E-state index contributed by atoms with van der Waals surface area (Å²) in [5, 5.41) is 0. The first-order chi connectivity index (χ1) is 6.62. The topological polar surface area (TPSA) is 35.2 Å². The molecule has 0 spiro atoms. The van der Waals surface area contributed by atoms with Gasteiger partial charge in [0.1, 0.15) is 0 Å². The van der Waals surface area contributed by atoms with E-state index in [0.717, 1.165) is 25.2 Å².